The molecule has 0 saturated heterocycles. The Balaban J connectivity index is 3.08. The highest BCUT2D eigenvalue weighted by atomic mass is 16.1. The fraction of sp³-hybridized carbons (Fsp3) is 0.500. The highest BCUT2D eigenvalue weighted by Gasteiger charge is 2.11. The van der Waals surface area contributed by atoms with Crippen molar-refractivity contribution < 1.29 is 4.79 Å². The minimum absolute atomic E-state index is 0.0173. The summed E-state index contributed by atoms with van der Waals surface area (Å²) in [7, 11) is 0. The van der Waals surface area contributed by atoms with Crippen LogP contribution in [0.3, 0.4) is 0 Å². The van der Waals surface area contributed by atoms with Gasteiger partial charge in [0.05, 0.1) is 6.54 Å². The van der Waals surface area contributed by atoms with E-state index >= 15 is 0 Å². The maximum atomic E-state index is 11.3. The molecule has 3 nitrogen and oxygen atoms in total. The second kappa shape index (κ2) is 5.82. The number of benzene rings is 1. The van der Waals surface area contributed by atoms with E-state index in [1.54, 1.807) is 0 Å². The van der Waals surface area contributed by atoms with Gasteiger partial charge in [0.1, 0.15) is 0 Å². The number of carbonyl (C=O) groups excluding carboxylic acids is 1. The van der Waals surface area contributed by atoms with Crippen LogP contribution in [0.2, 0.25) is 0 Å². The molecule has 0 aliphatic carbocycles. The second-order valence-electron chi connectivity index (χ2n) is 4.91. The standard InChI is InChI=1S/C14H22N2O/c1-9(2)11-5-6-13(16-14(17)8-15)12(7-11)10(3)4/h5-7,9-10H,8,15H2,1-4H3,(H,16,17). The first-order valence-electron chi connectivity index (χ1n) is 6.09. The zero-order valence-electron chi connectivity index (χ0n) is 11.1. The van der Waals surface area contributed by atoms with Crippen molar-refractivity contribution in [2.45, 2.75) is 39.5 Å². The molecule has 0 atom stereocenters. The molecular weight excluding hydrogens is 212 g/mol. The average molecular weight is 234 g/mol. The Morgan fingerprint density at radius 1 is 1.24 bits per heavy atom. The molecule has 1 amide bonds. The lowest BCUT2D eigenvalue weighted by Crippen LogP contribution is -2.22. The molecule has 17 heavy (non-hydrogen) atoms. The van der Waals surface area contributed by atoms with Crippen LogP contribution >= 0.6 is 0 Å². The van der Waals surface area contributed by atoms with Crippen LogP contribution in [0.25, 0.3) is 0 Å². The van der Waals surface area contributed by atoms with Crippen LogP contribution in [-0.2, 0) is 4.79 Å². The summed E-state index contributed by atoms with van der Waals surface area (Å²) >= 11 is 0. The molecular formula is C14H22N2O. The van der Waals surface area contributed by atoms with Gasteiger partial charge in [0.25, 0.3) is 0 Å². The quantitative estimate of drug-likeness (QED) is 0.841. The topological polar surface area (TPSA) is 55.1 Å². The van der Waals surface area contributed by atoms with Gasteiger partial charge in [-0.3, -0.25) is 4.79 Å². The maximum Gasteiger partial charge on any atom is 0.238 e. The Morgan fingerprint density at radius 2 is 1.88 bits per heavy atom. The van der Waals surface area contributed by atoms with Crippen LogP contribution in [0.4, 0.5) is 5.69 Å². The first kappa shape index (κ1) is 13.7. The summed E-state index contributed by atoms with van der Waals surface area (Å²) < 4.78 is 0. The fourth-order valence-corrected chi connectivity index (χ4v) is 1.73. The van der Waals surface area contributed by atoms with Crippen molar-refractivity contribution >= 4 is 11.6 Å². The van der Waals surface area contributed by atoms with E-state index < -0.39 is 0 Å². The van der Waals surface area contributed by atoms with Crippen LogP contribution in [0.5, 0.6) is 0 Å². The second-order valence-corrected chi connectivity index (χ2v) is 4.91. The normalized spacial score (nSPS) is 11.0. The summed E-state index contributed by atoms with van der Waals surface area (Å²) in [5.41, 5.74) is 8.64. The summed E-state index contributed by atoms with van der Waals surface area (Å²) in [5, 5.41) is 2.84. The lowest BCUT2D eigenvalue weighted by Gasteiger charge is -2.16. The van der Waals surface area contributed by atoms with Gasteiger partial charge in [-0.2, -0.15) is 0 Å². The number of rotatable bonds is 4. The Hall–Kier alpha value is -1.35. The number of amides is 1. The van der Waals surface area contributed by atoms with Gasteiger partial charge >= 0.3 is 0 Å². The van der Waals surface area contributed by atoms with Crippen LogP contribution in [0.1, 0.15) is 50.7 Å². The number of nitrogens with one attached hydrogen (secondary N) is 1. The van der Waals surface area contributed by atoms with E-state index in [2.05, 4.69) is 45.1 Å². The van der Waals surface area contributed by atoms with Gasteiger partial charge in [-0.25, -0.2) is 0 Å². The summed E-state index contributed by atoms with van der Waals surface area (Å²) in [6.45, 7) is 8.59. The molecule has 0 bridgehead atoms. The third-order valence-corrected chi connectivity index (χ3v) is 2.82. The molecule has 0 heterocycles. The smallest absolute Gasteiger partial charge is 0.238 e. The van der Waals surface area contributed by atoms with Crippen molar-refractivity contribution in [2.75, 3.05) is 11.9 Å². The number of carbonyl (C=O) groups is 1. The Labute approximate surface area is 103 Å². The van der Waals surface area contributed by atoms with Gasteiger partial charge in [-0.1, -0.05) is 39.8 Å². The molecule has 0 spiro atoms. The van der Waals surface area contributed by atoms with E-state index in [9.17, 15) is 4.79 Å². The molecule has 0 aromatic heterocycles. The molecule has 0 fully saturated rings. The Kier molecular flexibility index (Phi) is 4.70. The molecule has 94 valence electrons. The third kappa shape index (κ3) is 3.56. The minimum atomic E-state index is -0.149. The van der Waals surface area contributed by atoms with Crippen molar-refractivity contribution in [3.8, 4) is 0 Å². The van der Waals surface area contributed by atoms with Gasteiger partial charge in [0.2, 0.25) is 5.91 Å². The molecule has 0 saturated carbocycles. The van der Waals surface area contributed by atoms with Gasteiger partial charge in [0.15, 0.2) is 0 Å². The minimum Gasteiger partial charge on any atom is -0.325 e. The zero-order valence-corrected chi connectivity index (χ0v) is 11.1. The predicted molar refractivity (Wildman–Crippen MR) is 72.3 cm³/mol. The first-order chi connectivity index (χ1) is 7.95. The highest BCUT2D eigenvalue weighted by molar-refractivity contribution is 5.93. The first-order valence-corrected chi connectivity index (χ1v) is 6.09. The summed E-state index contributed by atoms with van der Waals surface area (Å²) in [6, 6.07) is 6.20. The van der Waals surface area contributed by atoms with Crippen LogP contribution in [-0.4, -0.2) is 12.5 Å². The van der Waals surface area contributed by atoms with Gasteiger partial charge in [-0.15, -0.1) is 0 Å². The number of nitrogens with two attached hydrogens (primary N) is 1. The van der Waals surface area contributed by atoms with Crippen molar-refractivity contribution in [2.24, 2.45) is 5.73 Å². The summed E-state index contributed by atoms with van der Waals surface area (Å²) in [6.07, 6.45) is 0. The molecule has 1 aromatic rings. The van der Waals surface area contributed by atoms with Crippen LogP contribution in [0.15, 0.2) is 18.2 Å². The highest BCUT2D eigenvalue weighted by Crippen LogP contribution is 2.28. The largest absolute Gasteiger partial charge is 0.325 e. The van der Waals surface area contributed by atoms with Crippen molar-refractivity contribution in [1.29, 1.82) is 0 Å². The Bertz CT molecular complexity index is 397. The number of anilines is 1. The predicted octanol–water partition coefficient (Wildman–Crippen LogP) is 2.83. The van der Waals surface area contributed by atoms with E-state index in [1.807, 2.05) is 6.07 Å². The third-order valence-electron chi connectivity index (χ3n) is 2.82. The molecule has 1 aromatic carbocycles. The van der Waals surface area contributed by atoms with Crippen LogP contribution < -0.4 is 11.1 Å². The van der Waals surface area contributed by atoms with Gasteiger partial charge in [0, 0.05) is 5.69 Å². The van der Waals surface area contributed by atoms with E-state index in [1.165, 1.54) is 5.56 Å². The van der Waals surface area contributed by atoms with Gasteiger partial charge in [-0.05, 0) is 29.0 Å². The summed E-state index contributed by atoms with van der Waals surface area (Å²) in [4.78, 5) is 11.3. The van der Waals surface area contributed by atoms with E-state index in [-0.39, 0.29) is 12.5 Å². The monoisotopic (exact) mass is 234 g/mol. The summed E-state index contributed by atoms with van der Waals surface area (Å²) in [5.74, 6) is 0.720. The molecule has 0 radical (unpaired) electrons. The van der Waals surface area contributed by atoms with Gasteiger partial charge < -0.3 is 11.1 Å². The Morgan fingerprint density at radius 3 is 2.35 bits per heavy atom. The van der Waals surface area contributed by atoms with Crippen LogP contribution in [0, 0.1) is 0 Å². The van der Waals surface area contributed by atoms with Crippen molar-refractivity contribution in [3.63, 3.8) is 0 Å². The van der Waals surface area contributed by atoms with E-state index in [4.69, 9.17) is 5.73 Å². The fourth-order valence-electron chi connectivity index (χ4n) is 1.73. The number of hydrogen-bond donors (Lipinski definition) is 2. The SMILES string of the molecule is CC(C)c1ccc(NC(=O)CN)c(C(C)C)c1. The molecule has 0 aliphatic heterocycles. The van der Waals surface area contributed by atoms with E-state index in [0.717, 1.165) is 11.3 Å². The zero-order chi connectivity index (χ0) is 13.0. The maximum absolute atomic E-state index is 11.3. The molecule has 1 rings (SSSR count). The number of hydrogen-bond acceptors (Lipinski definition) is 2. The lowest BCUT2D eigenvalue weighted by molar-refractivity contribution is -0.114. The molecule has 3 heteroatoms. The lowest BCUT2D eigenvalue weighted by atomic mass is 9.94. The van der Waals surface area contributed by atoms with Crippen molar-refractivity contribution in [1.82, 2.24) is 0 Å². The average Bonchev–Trinajstić information content (AvgIpc) is 2.28. The molecule has 3 N–H and O–H groups in total. The molecule has 0 unspecified atom stereocenters. The van der Waals surface area contributed by atoms with E-state index in [0.29, 0.717) is 11.8 Å². The molecule has 0 aliphatic rings. The van der Waals surface area contributed by atoms with Crippen molar-refractivity contribution in [3.05, 3.63) is 29.3 Å².